The number of anilines is 1. The van der Waals surface area contributed by atoms with Crippen LogP contribution in [0.4, 0.5) is 5.69 Å². The summed E-state index contributed by atoms with van der Waals surface area (Å²) in [7, 11) is 1.88. The van der Waals surface area contributed by atoms with E-state index in [2.05, 4.69) is 16.4 Å². The monoisotopic (exact) mass is 281 g/mol. The Bertz CT molecular complexity index is 654. The number of rotatable bonds is 3. The van der Waals surface area contributed by atoms with Crippen LogP contribution in [0.3, 0.4) is 0 Å². The molecule has 0 saturated heterocycles. The van der Waals surface area contributed by atoms with E-state index in [1.165, 1.54) is 0 Å². The second-order valence-corrected chi connectivity index (χ2v) is 5.27. The van der Waals surface area contributed by atoms with Crippen molar-refractivity contribution in [2.75, 3.05) is 18.9 Å². The first-order chi connectivity index (χ1) is 10.3. The van der Waals surface area contributed by atoms with Gasteiger partial charge >= 0.3 is 0 Å². The summed E-state index contributed by atoms with van der Waals surface area (Å²) in [6.07, 6.45) is 3.73. The molecule has 108 valence electrons. The topological polar surface area (TPSA) is 45.2 Å². The lowest BCUT2D eigenvalue weighted by molar-refractivity contribution is 0.0747. The zero-order valence-corrected chi connectivity index (χ0v) is 12.2. The molecular formula is C17H19N3O. The second kappa shape index (κ2) is 5.95. The molecule has 1 amide bonds. The fourth-order valence-electron chi connectivity index (χ4n) is 2.75. The largest absolute Gasteiger partial charge is 0.388 e. The number of nitrogens with zero attached hydrogens (tertiary/aromatic N) is 2. The number of aryl methyl sites for hydroxylation is 1. The number of carbonyl (C=O) groups is 1. The van der Waals surface area contributed by atoms with E-state index in [0.717, 1.165) is 41.9 Å². The van der Waals surface area contributed by atoms with Crippen molar-refractivity contribution in [2.45, 2.75) is 19.4 Å². The van der Waals surface area contributed by atoms with Gasteiger partial charge in [0.15, 0.2) is 0 Å². The quantitative estimate of drug-likeness (QED) is 0.941. The number of pyridine rings is 1. The molecule has 1 aromatic carbocycles. The third-order valence-corrected chi connectivity index (χ3v) is 3.87. The van der Waals surface area contributed by atoms with Crippen LogP contribution in [0.25, 0.3) is 0 Å². The van der Waals surface area contributed by atoms with Gasteiger partial charge in [-0.2, -0.15) is 0 Å². The second-order valence-electron chi connectivity index (χ2n) is 5.27. The third-order valence-electron chi connectivity index (χ3n) is 3.87. The van der Waals surface area contributed by atoms with Crippen molar-refractivity contribution in [1.29, 1.82) is 0 Å². The highest BCUT2D eigenvalue weighted by Crippen LogP contribution is 2.20. The van der Waals surface area contributed by atoms with Crippen LogP contribution in [0.15, 0.2) is 42.6 Å². The van der Waals surface area contributed by atoms with Crippen molar-refractivity contribution in [2.24, 2.45) is 0 Å². The van der Waals surface area contributed by atoms with Crippen LogP contribution in [-0.4, -0.2) is 29.4 Å². The lowest BCUT2D eigenvalue weighted by Gasteiger charge is -2.20. The Morgan fingerprint density at radius 1 is 1.29 bits per heavy atom. The van der Waals surface area contributed by atoms with E-state index in [9.17, 15) is 4.79 Å². The van der Waals surface area contributed by atoms with Crippen LogP contribution in [0.5, 0.6) is 0 Å². The molecule has 1 aliphatic heterocycles. The number of carbonyl (C=O) groups excluding carboxylic acids is 1. The number of hydrogen-bond donors (Lipinski definition) is 1. The molecule has 2 aromatic rings. The Hall–Kier alpha value is -2.36. The number of aromatic nitrogens is 1. The van der Waals surface area contributed by atoms with Gasteiger partial charge in [-0.25, -0.2) is 0 Å². The van der Waals surface area contributed by atoms with Crippen LogP contribution in [0.1, 0.15) is 28.0 Å². The molecule has 0 atom stereocenters. The van der Waals surface area contributed by atoms with Gasteiger partial charge in [0, 0.05) is 31.0 Å². The van der Waals surface area contributed by atoms with E-state index in [1.54, 1.807) is 6.20 Å². The van der Waals surface area contributed by atoms with Gasteiger partial charge in [0.1, 0.15) is 0 Å². The Morgan fingerprint density at radius 2 is 2.14 bits per heavy atom. The first-order valence-corrected chi connectivity index (χ1v) is 7.28. The lowest BCUT2D eigenvalue weighted by atomic mass is 10.0. The highest BCUT2D eigenvalue weighted by Gasteiger charge is 2.22. The average Bonchev–Trinajstić information content (AvgIpc) is 2.68. The van der Waals surface area contributed by atoms with Gasteiger partial charge in [-0.05, 0) is 36.6 Å². The molecule has 0 saturated carbocycles. The molecule has 4 nitrogen and oxygen atoms in total. The fourth-order valence-corrected chi connectivity index (χ4v) is 2.75. The van der Waals surface area contributed by atoms with Gasteiger partial charge in [-0.3, -0.25) is 9.78 Å². The van der Waals surface area contributed by atoms with E-state index in [4.69, 9.17) is 0 Å². The standard InChI is InChI=1S/C17H19N3O/c1-18-14-8-9-19-15(11-14)12-20-10-4-6-13-5-2-3-7-16(13)17(20)21/h2-3,5,7-9,11H,4,6,10,12H2,1H3,(H,18,19). The first kappa shape index (κ1) is 13.6. The molecule has 1 N–H and O–H groups in total. The predicted octanol–water partition coefficient (Wildman–Crippen LogP) is 2.71. The summed E-state index contributed by atoms with van der Waals surface area (Å²) in [5.41, 5.74) is 3.92. The van der Waals surface area contributed by atoms with Gasteiger partial charge in [-0.1, -0.05) is 18.2 Å². The zero-order chi connectivity index (χ0) is 14.7. The summed E-state index contributed by atoms with van der Waals surface area (Å²) in [4.78, 5) is 18.9. The van der Waals surface area contributed by atoms with Gasteiger partial charge in [0.25, 0.3) is 5.91 Å². The van der Waals surface area contributed by atoms with E-state index in [0.29, 0.717) is 6.54 Å². The average molecular weight is 281 g/mol. The molecule has 1 aromatic heterocycles. The van der Waals surface area contributed by atoms with Crippen molar-refractivity contribution in [3.8, 4) is 0 Å². The van der Waals surface area contributed by atoms with Crippen molar-refractivity contribution < 1.29 is 4.79 Å². The summed E-state index contributed by atoms with van der Waals surface area (Å²) in [5.74, 6) is 0.111. The molecule has 1 aliphatic rings. The Morgan fingerprint density at radius 3 is 3.00 bits per heavy atom. The zero-order valence-electron chi connectivity index (χ0n) is 12.2. The normalized spacial score (nSPS) is 14.5. The molecule has 0 radical (unpaired) electrons. The number of fused-ring (bicyclic) bond motifs is 1. The minimum atomic E-state index is 0.111. The molecule has 0 fully saturated rings. The Kier molecular flexibility index (Phi) is 3.86. The summed E-state index contributed by atoms with van der Waals surface area (Å²) in [5, 5.41) is 3.10. The highest BCUT2D eigenvalue weighted by atomic mass is 16.2. The smallest absolute Gasteiger partial charge is 0.254 e. The molecule has 21 heavy (non-hydrogen) atoms. The highest BCUT2D eigenvalue weighted by molar-refractivity contribution is 5.96. The summed E-state index contributed by atoms with van der Waals surface area (Å²) in [6, 6.07) is 11.8. The fraction of sp³-hybridized carbons (Fsp3) is 0.294. The van der Waals surface area contributed by atoms with E-state index < -0.39 is 0 Å². The first-order valence-electron chi connectivity index (χ1n) is 7.28. The van der Waals surface area contributed by atoms with Gasteiger partial charge < -0.3 is 10.2 Å². The summed E-state index contributed by atoms with van der Waals surface area (Å²) >= 11 is 0. The molecule has 0 bridgehead atoms. The van der Waals surface area contributed by atoms with Gasteiger partial charge in [0.2, 0.25) is 0 Å². The molecule has 2 heterocycles. The molecule has 4 heteroatoms. The maximum Gasteiger partial charge on any atom is 0.254 e. The van der Waals surface area contributed by atoms with E-state index >= 15 is 0 Å². The predicted molar refractivity (Wildman–Crippen MR) is 83.3 cm³/mol. The van der Waals surface area contributed by atoms with Crippen molar-refractivity contribution in [3.63, 3.8) is 0 Å². The summed E-state index contributed by atoms with van der Waals surface area (Å²) in [6.45, 7) is 1.33. The van der Waals surface area contributed by atoms with Gasteiger partial charge in [0.05, 0.1) is 12.2 Å². The molecular weight excluding hydrogens is 262 g/mol. The maximum atomic E-state index is 12.7. The number of amides is 1. The van der Waals surface area contributed by atoms with Crippen LogP contribution >= 0.6 is 0 Å². The molecule has 0 unspecified atom stereocenters. The third kappa shape index (κ3) is 2.89. The van der Waals surface area contributed by atoms with Crippen molar-refractivity contribution >= 4 is 11.6 Å². The summed E-state index contributed by atoms with van der Waals surface area (Å²) < 4.78 is 0. The number of hydrogen-bond acceptors (Lipinski definition) is 3. The SMILES string of the molecule is CNc1ccnc(CN2CCCc3ccccc3C2=O)c1. The minimum absolute atomic E-state index is 0.111. The Balaban J connectivity index is 1.84. The maximum absolute atomic E-state index is 12.7. The van der Waals surface area contributed by atoms with Crippen LogP contribution in [0.2, 0.25) is 0 Å². The van der Waals surface area contributed by atoms with Crippen LogP contribution < -0.4 is 5.32 Å². The minimum Gasteiger partial charge on any atom is -0.388 e. The molecule has 0 spiro atoms. The van der Waals surface area contributed by atoms with Crippen LogP contribution in [0, 0.1) is 0 Å². The van der Waals surface area contributed by atoms with Gasteiger partial charge in [-0.15, -0.1) is 0 Å². The number of benzene rings is 1. The molecule has 3 rings (SSSR count). The van der Waals surface area contributed by atoms with Crippen molar-refractivity contribution in [1.82, 2.24) is 9.88 Å². The van der Waals surface area contributed by atoms with Crippen LogP contribution in [-0.2, 0) is 13.0 Å². The number of nitrogens with one attached hydrogen (secondary N) is 1. The lowest BCUT2D eigenvalue weighted by Crippen LogP contribution is -2.30. The van der Waals surface area contributed by atoms with E-state index in [-0.39, 0.29) is 5.91 Å². The van der Waals surface area contributed by atoms with Crippen molar-refractivity contribution in [3.05, 3.63) is 59.4 Å². The molecule has 0 aliphatic carbocycles. The van der Waals surface area contributed by atoms with E-state index in [1.807, 2.05) is 42.3 Å². The Labute approximate surface area is 124 Å².